The first-order valence-electron chi connectivity index (χ1n) is 9.05. The number of ether oxygens (including phenoxy) is 1. The molecular weight excluding hydrogens is 370 g/mol. The van der Waals surface area contributed by atoms with Gasteiger partial charge < -0.3 is 15.2 Å². The van der Waals surface area contributed by atoms with Gasteiger partial charge >= 0.3 is 6.09 Å². The summed E-state index contributed by atoms with van der Waals surface area (Å²) in [6, 6.07) is 2.86. The molecule has 0 aromatic carbocycles. The van der Waals surface area contributed by atoms with Gasteiger partial charge in [-0.15, -0.1) is 0 Å². The Hall–Kier alpha value is -2.12. The van der Waals surface area contributed by atoms with Crippen molar-refractivity contribution in [3.63, 3.8) is 0 Å². The van der Waals surface area contributed by atoms with E-state index >= 15 is 0 Å². The molecule has 0 unspecified atom stereocenters. The molecule has 0 saturated heterocycles. The topological polar surface area (TPSA) is 93.5 Å². The average molecular weight is 394 g/mol. The molecule has 0 spiro atoms. The number of amides is 1. The Kier molecular flexibility index (Phi) is 5.44. The molecule has 7 nitrogen and oxygen atoms in total. The first-order valence-corrected chi connectivity index (χ1v) is 9.43. The highest BCUT2D eigenvalue weighted by Crippen LogP contribution is 2.25. The third-order valence-electron chi connectivity index (χ3n) is 4.49. The Morgan fingerprint density at radius 2 is 2.00 bits per heavy atom. The second-order valence-electron chi connectivity index (χ2n) is 7.83. The van der Waals surface area contributed by atoms with E-state index in [4.69, 9.17) is 16.3 Å². The van der Waals surface area contributed by atoms with Gasteiger partial charge in [0.2, 0.25) is 0 Å². The molecule has 146 valence electrons. The van der Waals surface area contributed by atoms with Crippen molar-refractivity contribution in [1.29, 1.82) is 0 Å². The smallest absolute Gasteiger partial charge is 0.419 e. The van der Waals surface area contributed by atoms with Crippen LogP contribution in [-0.2, 0) is 4.74 Å². The first-order chi connectivity index (χ1) is 12.7. The molecule has 1 fully saturated rings. The summed E-state index contributed by atoms with van der Waals surface area (Å²) in [6.07, 6.45) is 3.51. The maximum atomic E-state index is 12.8. The van der Waals surface area contributed by atoms with Gasteiger partial charge in [0.25, 0.3) is 5.91 Å². The molecule has 8 heteroatoms. The number of hydrogen-bond donors (Lipinski definition) is 2. The number of rotatable bonds is 2. The molecule has 2 atom stereocenters. The van der Waals surface area contributed by atoms with Crippen LogP contribution in [0.2, 0.25) is 5.15 Å². The van der Waals surface area contributed by atoms with Crippen molar-refractivity contribution in [1.82, 2.24) is 14.9 Å². The van der Waals surface area contributed by atoms with E-state index in [0.717, 1.165) is 12.8 Å². The maximum Gasteiger partial charge on any atom is 0.419 e. The Balaban J connectivity index is 1.96. The van der Waals surface area contributed by atoms with Crippen molar-refractivity contribution in [3.05, 3.63) is 29.0 Å². The summed E-state index contributed by atoms with van der Waals surface area (Å²) in [5.41, 5.74) is 0.289. The lowest BCUT2D eigenvalue weighted by Gasteiger charge is -2.28. The largest absolute Gasteiger partial charge is 0.443 e. The fraction of sp³-hybridized carbons (Fsp3) is 0.526. The van der Waals surface area contributed by atoms with E-state index in [1.54, 1.807) is 32.9 Å². The Labute approximate surface area is 162 Å². The predicted molar refractivity (Wildman–Crippen MR) is 102 cm³/mol. The van der Waals surface area contributed by atoms with Crippen LogP contribution in [0.15, 0.2) is 18.3 Å². The predicted octanol–water partition coefficient (Wildman–Crippen LogP) is 3.51. The molecule has 0 aliphatic heterocycles. The summed E-state index contributed by atoms with van der Waals surface area (Å²) in [6.45, 7) is 5.30. The van der Waals surface area contributed by atoms with Gasteiger partial charge in [-0.25, -0.2) is 9.78 Å². The molecule has 2 aromatic heterocycles. The number of carbonyl (C=O) groups excluding carboxylic acids is 2. The Morgan fingerprint density at radius 3 is 2.67 bits per heavy atom. The highest BCUT2D eigenvalue weighted by Gasteiger charge is 2.28. The molecule has 3 rings (SSSR count). The zero-order valence-electron chi connectivity index (χ0n) is 15.7. The van der Waals surface area contributed by atoms with Crippen LogP contribution in [0.25, 0.3) is 11.0 Å². The van der Waals surface area contributed by atoms with Crippen LogP contribution in [0.5, 0.6) is 0 Å². The maximum absolute atomic E-state index is 12.8. The normalized spacial score (nSPS) is 20.5. The van der Waals surface area contributed by atoms with Gasteiger partial charge in [-0.2, -0.15) is 0 Å². The molecule has 2 aromatic rings. The molecule has 1 amide bonds. The monoisotopic (exact) mass is 393 g/mol. The number of hydrogen-bond acceptors (Lipinski definition) is 5. The van der Waals surface area contributed by atoms with E-state index in [-0.39, 0.29) is 16.8 Å². The van der Waals surface area contributed by atoms with Gasteiger partial charge in [-0.1, -0.05) is 24.4 Å². The molecule has 0 radical (unpaired) electrons. The number of halogens is 1. The number of fused-ring (bicyclic) bond motifs is 1. The van der Waals surface area contributed by atoms with Crippen LogP contribution in [0.3, 0.4) is 0 Å². The van der Waals surface area contributed by atoms with E-state index in [2.05, 4.69) is 10.3 Å². The second kappa shape index (κ2) is 7.48. The minimum absolute atomic E-state index is 0.219. The molecule has 2 N–H and O–H groups in total. The standard InChI is InChI=1S/C19H24ClN3O4/c1-19(2,3)27-18(26)23-10-11(16-13(23)8-9-15(20)22-16)17(25)21-12-6-4-5-7-14(12)24/h8-10,12,14,24H,4-7H2,1-3H3,(H,21,25)/t12-,14-/m0/s1. The van der Waals surface area contributed by atoms with Crippen molar-refractivity contribution in [2.75, 3.05) is 0 Å². The summed E-state index contributed by atoms with van der Waals surface area (Å²) >= 11 is 6.00. The molecule has 1 aliphatic carbocycles. The summed E-state index contributed by atoms with van der Waals surface area (Å²) in [7, 11) is 0. The average Bonchev–Trinajstić information content (AvgIpc) is 2.94. The van der Waals surface area contributed by atoms with Gasteiger partial charge in [0.1, 0.15) is 16.3 Å². The number of aliphatic hydroxyl groups excluding tert-OH is 1. The zero-order chi connectivity index (χ0) is 19.8. The quantitative estimate of drug-likeness (QED) is 0.761. The van der Waals surface area contributed by atoms with Crippen molar-refractivity contribution < 1.29 is 19.4 Å². The van der Waals surface area contributed by atoms with Crippen LogP contribution in [-0.4, -0.2) is 44.4 Å². The van der Waals surface area contributed by atoms with E-state index in [1.807, 2.05) is 0 Å². The highest BCUT2D eigenvalue weighted by atomic mass is 35.5. The summed E-state index contributed by atoms with van der Waals surface area (Å²) in [5, 5.41) is 13.2. The lowest BCUT2D eigenvalue weighted by Crippen LogP contribution is -2.45. The third-order valence-corrected chi connectivity index (χ3v) is 4.70. The SMILES string of the molecule is CC(C)(C)OC(=O)n1cc(C(=O)N[C@H]2CCCC[C@@H]2O)c2nc(Cl)ccc21. The molecule has 2 heterocycles. The van der Waals surface area contributed by atoms with E-state index < -0.39 is 23.7 Å². The van der Waals surface area contributed by atoms with Crippen molar-refractivity contribution in [2.45, 2.75) is 64.2 Å². The number of nitrogens with zero attached hydrogens (tertiary/aromatic N) is 2. The van der Waals surface area contributed by atoms with Crippen molar-refractivity contribution in [2.24, 2.45) is 0 Å². The van der Waals surface area contributed by atoms with Gasteiger partial charge in [0.15, 0.2) is 0 Å². The minimum atomic E-state index is -0.678. The number of carbonyl (C=O) groups is 2. The lowest BCUT2D eigenvalue weighted by molar-refractivity contribution is 0.0544. The van der Waals surface area contributed by atoms with Crippen LogP contribution < -0.4 is 5.32 Å². The fourth-order valence-corrected chi connectivity index (χ4v) is 3.38. The van der Waals surface area contributed by atoms with Gasteiger partial charge in [-0.05, 0) is 45.7 Å². The number of nitrogens with one attached hydrogen (secondary N) is 1. The Bertz CT molecular complexity index is 872. The Morgan fingerprint density at radius 1 is 1.30 bits per heavy atom. The van der Waals surface area contributed by atoms with Crippen LogP contribution in [0.4, 0.5) is 4.79 Å². The van der Waals surface area contributed by atoms with Crippen LogP contribution in [0.1, 0.15) is 56.8 Å². The van der Waals surface area contributed by atoms with E-state index in [1.165, 1.54) is 10.8 Å². The zero-order valence-corrected chi connectivity index (χ0v) is 16.4. The number of pyridine rings is 1. The molecule has 1 aliphatic rings. The van der Waals surface area contributed by atoms with Gasteiger partial charge in [0.05, 0.1) is 23.2 Å². The van der Waals surface area contributed by atoms with Crippen molar-refractivity contribution >= 4 is 34.6 Å². The lowest BCUT2D eigenvalue weighted by atomic mass is 9.92. The third kappa shape index (κ3) is 4.42. The fourth-order valence-electron chi connectivity index (χ4n) is 3.23. The van der Waals surface area contributed by atoms with Gasteiger partial charge in [-0.3, -0.25) is 9.36 Å². The summed E-state index contributed by atoms with van der Waals surface area (Å²) in [5.74, 6) is -0.400. The van der Waals surface area contributed by atoms with Gasteiger partial charge in [0, 0.05) is 6.20 Å². The minimum Gasteiger partial charge on any atom is -0.443 e. The second-order valence-corrected chi connectivity index (χ2v) is 8.21. The number of aromatic nitrogens is 2. The molecule has 27 heavy (non-hydrogen) atoms. The molecule has 1 saturated carbocycles. The van der Waals surface area contributed by atoms with Crippen LogP contribution in [0, 0.1) is 0 Å². The number of aliphatic hydroxyl groups is 1. The van der Waals surface area contributed by atoms with Crippen LogP contribution >= 0.6 is 11.6 Å². The first kappa shape index (κ1) is 19.6. The van der Waals surface area contributed by atoms with Crippen molar-refractivity contribution in [3.8, 4) is 0 Å². The van der Waals surface area contributed by atoms with E-state index in [0.29, 0.717) is 23.9 Å². The molecule has 0 bridgehead atoms. The molecular formula is C19H24ClN3O4. The highest BCUT2D eigenvalue weighted by molar-refractivity contribution is 6.30. The summed E-state index contributed by atoms with van der Waals surface area (Å²) < 4.78 is 6.67. The van der Waals surface area contributed by atoms with E-state index in [9.17, 15) is 14.7 Å². The summed E-state index contributed by atoms with van der Waals surface area (Å²) in [4.78, 5) is 29.6.